The van der Waals surface area contributed by atoms with Crippen molar-refractivity contribution >= 4 is 107 Å². The van der Waals surface area contributed by atoms with Gasteiger partial charge in [-0.1, -0.05) is 84.9 Å². The number of hydrogen-bond acceptors (Lipinski definition) is 7. The third-order valence-electron chi connectivity index (χ3n) is 9.19. The highest BCUT2D eigenvalue weighted by Crippen LogP contribution is 2.52. The number of anilines is 6. The van der Waals surface area contributed by atoms with Crippen LogP contribution in [-0.4, -0.2) is 13.9 Å². The van der Waals surface area contributed by atoms with Crippen LogP contribution in [0.25, 0.3) is 40.3 Å². The molecule has 0 spiro atoms. The van der Waals surface area contributed by atoms with Crippen LogP contribution >= 0.6 is 22.7 Å². The number of fused-ring (bicyclic) bond motifs is 6. The number of para-hydroxylation sites is 3. The van der Waals surface area contributed by atoms with Crippen LogP contribution in [0.5, 0.6) is 5.75 Å². The molecule has 0 unspecified atom stereocenters. The van der Waals surface area contributed by atoms with Gasteiger partial charge in [0.05, 0.1) is 16.1 Å². The molecule has 0 saturated heterocycles. The molecule has 5 nitrogen and oxygen atoms in total. The standard InChI is InChI=1S/C43H27F3N2O3S3/c44-43(45,46)54(49,50)51-36-26-25-35(48(30-17-8-3-9-18-30)34-20-12-22-38-40(34)32-19-10-11-21-37(32)52-38)41-33-24-23-31(27-39(33)53-42(36)41)47(28-13-4-1-5-14-28)29-15-6-2-7-16-29/h1-27H. The van der Waals surface area contributed by atoms with Crippen LogP contribution in [0, 0.1) is 0 Å². The molecule has 54 heavy (non-hydrogen) atoms. The molecule has 2 aromatic heterocycles. The smallest absolute Gasteiger partial charge is 0.374 e. The van der Waals surface area contributed by atoms with Crippen molar-refractivity contribution in [1.82, 2.24) is 0 Å². The maximum atomic E-state index is 13.8. The van der Waals surface area contributed by atoms with Gasteiger partial charge in [0.25, 0.3) is 0 Å². The van der Waals surface area contributed by atoms with Gasteiger partial charge in [0.1, 0.15) is 0 Å². The zero-order chi connectivity index (χ0) is 37.0. The number of nitrogens with zero attached hydrogens (tertiary/aromatic N) is 2. The van der Waals surface area contributed by atoms with Gasteiger partial charge in [0, 0.05) is 58.4 Å². The Morgan fingerprint density at radius 1 is 0.481 bits per heavy atom. The van der Waals surface area contributed by atoms with Crippen molar-refractivity contribution in [2.75, 3.05) is 9.80 Å². The van der Waals surface area contributed by atoms with E-state index < -0.39 is 21.4 Å². The Balaban J connectivity index is 1.34. The van der Waals surface area contributed by atoms with Crippen molar-refractivity contribution in [2.45, 2.75) is 5.51 Å². The highest BCUT2D eigenvalue weighted by Gasteiger charge is 2.49. The van der Waals surface area contributed by atoms with E-state index in [2.05, 4.69) is 28.0 Å². The first-order valence-corrected chi connectivity index (χ1v) is 19.9. The van der Waals surface area contributed by atoms with Crippen LogP contribution in [0.2, 0.25) is 0 Å². The average molecular weight is 773 g/mol. The largest absolute Gasteiger partial charge is 0.534 e. The summed E-state index contributed by atoms with van der Waals surface area (Å²) in [4.78, 5) is 4.18. The molecule has 0 amide bonds. The molecule has 2 heterocycles. The molecule has 0 aliphatic rings. The molecule has 11 heteroatoms. The fourth-order valence-electron chi connectivity index (χ4n) is 6.91. The number of rotatable bonds is 8. The summed E-state index contributed by atoms with van der Waals surface area (Å²) in [7, 11) is -5.97. The predicted molar refractivity (Wildman–Crippen MR) is 217 cm³/mol. The van der Waals surface area contributed by atoms with Crippen molar-refractivity contribution in [1.29, 1.82) is 0 Å². The van der Waals surface area contributed by atoms with E-state index in [9.17, 15) is 21.6 Å². The molecule has 0 atom stereocenters. The van der Waals surface area contributed by atoms with Crippen LogP contribution < -0.4 is 14.0 Å². The summed E-state index contributed by atoms with van der Waals surface area (Å²) in [6.07, 6.45) is 0. The number of halogens is 3. The van der Waals surface area contributed by atoms with Crippen LogP contribution in [0.15, 0.2) is 164 Å². The van der Waals surface area contributed by atoms with E-state index in [0.29, 0.717) is 11.1 Å². The lowest BCUT2D eigenvalue weighted by molar-refractivity contribution is -0.0499. The van der Waals surface area contributed by atoms with E-state index in [1.165, 1.54) is 17.4 Å². The number of alkyl halides is 3. The van der Waals surface area contributed by atoms with Gasteiger partial charge < -0.3 is 14.0 Å². The average Bonchev–Trinajstić information content (AvgIpc) is 3.76. The molecule has 7 aromatic carbocycles. The van der Waals surface area contributed by atoms with Crippen LogP contribution in [0.3, 0.4) is 0 Å². The Labute approximate surface area is 316 Å². The molecule has 0 aliphatic carbocycles. The van der Waals surface area contributed by atoms with Gasteiger partial charge in [-0.2, -0.15) is 21.6 Å². The fourth-order valence-corrected chi connectivity index (χ4v) is 9.77. The Morgan fingerprint density at radius 3 is 1.69 bits per heavy atom. The minimum absolute atomic E-state index is 0.265. The molecule has 0 saturated carbocycles. The summed E-state index contributed by atoms with van der Waals surface area (Å²) >= 11 is 2.86. The van der Waals surface area contributed by atoms with E-state index in [0.717, 1.165) is 58.7 Å². The third kappa shape index (κ3) is 5.81. The van der Waals surface area contributed by atoms with Gasteiger partial charge in [-0.15, -0.1) is 22.7 Å². The maximum Gasteiger partial charge on any atom is 0.534 e. The second-order valence-electron chi connectivity index (χ2n) is 12.5. The highest BCUT2D eigenvalue weighted by atomic mass is 32.2. The molecular formula is C43H27F3N2O3S3. The second kappa shape index (κ2) is 13.2. The van der Waals surface area contributed by atoms with Crippen molar-refractivity contribution in [3.8, 4) is 5.75 Å². The van der Waals surface area contributed by atoms with Gasteiger partial charge in [-0.25, -0.2) is 0 Å². The van der Waals surface area contributed by atoms with E-state index in [4.69, 9.17) is 4.18 Å². The Kier molecular flexibility index (Phi) is 8.30. The van der Waals surface area contributed by atoms with Crippen molar-refractivity contribution in [2.24, 2.45) is 0 Å². The summed E-state index contributed by atoms with van der Waals surface area (Å²) < 4.78 is 74.4. The lowest BCUT2D eigenvalue weighted by Crippen LogP contribution is -2.28. The third-order valence-corrected chi connectivity index (χ3v) is 12.5. The van der Waals surface area contributed by atoms with E-state index in [-0.39, 0.29) is 4.70 Å². The van der Waals surface area contributed by atoms with Crippen LogP contribution in [0.1, 0.15) is 0 Å². The summed E-state index contributed by atoms with van der Waals surface area (Å²) in [5.74, 6) is -0.399. The lowest BCUT2D eigenvalue weighted by Gasteiger charge is -2.28. The number of thiophene rings is 2. The molecule has 9 aromatic rings. The summed E-state index contributed by atoms with van der Waals surface area (Å²) in [6, 6.07) is 52.6. The van der Waals surface area contributed by atoms with Gasteiger partial charge >= 0.3 is 15.6 Å². The summed E-state index contributed by atoms with van der Waals surface area (Å²) in [5, 5.41) is 3.39. The highest BCUT2D eigenvalue weighted by molar-refractivity contribution is 7.88. The first kappa shape index (κ1) is 33.9. The fraction of sp³-hybridized carbons (Fsp3) is 0.0233. The molecular weight excluding hydrogens is 746 g/mol. The summed E-state index contributed by atoms with van der Waals surface area (Å²) in [5.41, 5.74) is -0.643. The van der Waals surface area contributed by atoms with Crippen molar-refractivity contribution in [3.63, 3.8) is 0 Å². The monoisotopic (exact) mass is 772 g/mol. The summed E-state index contributed by atoms with van der Waals surface area (Å²) in [6.45, 7) is 0. The Hall–Kier alpha value is -5.88. The minimum Gasteiger partial charge on any atom is -0.374 e. The zero-order valence-electron chi connectivity index (χ0n) is 28.1. The van der Waals surface area contributed by atoms with Crippen molar-refractivity contribution < 1.29 is 25.8 Å². The topological polar surface area (TPSA) is 49.9 Å². The van der Waals surface area contributed by atoms with Gasteiger partial charge in [-0.3, -0.25) is 0 Å². The normalized spacial score (nSPS) is 12.1. The van der Waals surface area contributed by atoms with E-state index in [1.54, 1.807) is 17.4 Å². The zero-order valence-corrected chi connectivity index (χ0v) is 30.5. The Morgan fingerprint density at radius 2 is 1.04 bits per heavy atom. The molecule has 0 radical (unpaired) electrons. The van der Waals surface area contributed by atoms with Gasteiger partial charge in [0.15, 0.2) is 5.75 Å². The number of hydrogen-bond donors (Lipinski definition) is 0. The molecule has 9 rings (SSSR count). The molecule has 0 fully saturated rings. The lowest BCUT2D eigenvalue weighted by atomic mass is 10.0. The van der Waals surface area contributed by atoms with Crippen LogP contribution in [0.4, 0.5) is 47.3 Å². The minimum atomic E-state index is -5.97. The van der Waals surface area contributed by atoms with Gasteiger partial charge in [0.2, 0.25) is 0 Å². The second-order valence-corrected chi connectivity index (χ2v) is 16.2. The molecule has 266 valence electrons. The Bertz CT molecular complexity index is 2890. The van der Waals surface area contributed by atoms with Crippen molar-refractivity contribution in [3.05, 3.63) is 164 Å². The first-order valence-electron chi connectivity index (χ1n) is 16.8. The molecule has 0 bridgehead atoms. The first-order chi connectivity index (χ1) is 26.2. The quantitative estimate of drug-likeness (QED) is 0.114. The molecule has 0 N–H and O–H groups in total. The maximum absolute atomic E-state index is 13.8. The van der Waals surface area contributed by atoms with E-state index >= 15 is 0 Å². The van der Waals surface area contributed by atoms with Crippen LogP contribution in [-0.2, 0) is 10.1 Å². The predicted octanol–water partition coefficient (Wildman–Crippen LogP) is 13.6. The SMILES string of the molecule is O=S(=O)(Oc1ccc(N(c2ccccc2)c2cccc3sc4ccccc4c23)c2c1sc1cc(N(c3ccccc3)c3ccccc3)ccc12)C(F)(F)F. The van der Waals surface area contributed by atoms with E-state index in [1.807, 2.05) is 133 Å². The van der Waals surface area contributed by atoms with Gasteiger partial charge in [-0.05, 0) is 78.9 Å². The molecule has 0 aliphatic heterocycles. The number of benzene rings is 7.